The molecule has 0 nitrogen and oxygen atoms in total. The lowest BCUT2D eigenvalue weighted by atomic mass is 10.2. The molecule has 1 aromatic carbocycles. The first-order chi connectivity index (χ1) is 6.20. The van der Waals surface area contributed by atoms with Crippen LogP contribution in [0, 0.1) is 0 Å². The summed E-state index contributed by atoms with van der Waals surface area (Å²) in [7, 11) is 0. The van der Waals surface area contributed by atoms with Gasteiger partial charge in [-0.2, -0.15) is 0 Å². The van der Waals surface area contributed by atoms with Gasteiger partial charge in [0.25, 0.3) is 0 Å². The van der Waals surface area contributed by atoms with Crippen LogP contribution >= 0.6 is 0 Å². The average molecular weight is 172 g/mol. The Labute approximate surface area is 80.9 Å². The Morgan fingerprint density at radius 1 is 1.23 bits per heavy atom. The van der Waals surface area contributed by atoms with Gasteiger partial charge in [0.1, 0.15) is 0 Å². The zero-order valence-corrected chi connectivity index (χ0v) is 8.38. The predicted molar refractivity (Wildman–Crippen MR) is 60.5 cm³/mol. The molecule has 0 saturated carbocycles. The van der Waals surface area contributed by atoms with E-state index in [9.17, 15) is 0 Å². The monoisotopic (exact) mass is 172 g/mol. The predicted octanol–water partition coefficient (Wildman–Crippen LogP) is 4.07. The maximum absolute atomic E-state index is 3.63. The van der Waals surface area contributed by atoms with Gasteiger partial charge < -0.3 is 0 Å². The largest absolute Gasteiger partial charge is 0.130 e. The fourth-order valence-corrected chi connectivity index (χ4v) is 0.589. The molecule has 0 N–H and O–H groups in total. The van der Waals surface area contributed by atoms with E-state index < -0.39 is 0 Å². The molecule has 0 saturated heterocycles. The van der Waals surface area contributed by atoms with Crippen molar-refractivity contribution < 1.29 is 0 Å². The number of benzene rings is 1. The zero-order valence-electron chi connectivity index (χ0n) is 8.38. The molecule has 0 amide bonds. The molecule has 0 atom stereocenters. The van der Waals surface area contributed by atoms with Crippen LogP contribution in [0.4, 0.5) is 0 Å². The second kappa shape index (κ2) is 7.15. The summed E-state index contributed by atoms with van der Waals surface area (Å²) in [6, 6.07) is 10.0. The lowest BCUT2D eigenvalue weighted by Crippen LogP contribution is -1.63. The quantitative estimate of drug-likeness (QED) is 0.560. The summed E-state index contributed by atoms with van der Waals surface area (Å²) in [6.45, 7) is 11.0. The Morgan fingerprint density at radius 2 is 1.69 bits per heavy atom. The van der Waals surface area contributed by atoms with Crippen molar-refractivity contribution in [1.82, 2.24) is 0 Å². The van der Waals surface area contributed by atoms with Gasteiger partial charge in [0.15, 0.2) is 0 Å². The van der Waals surface area contributed by atoms with E-state index in [1.54, 1.807) is 0 Å². The van der Waals surface area contributed by atoms with Gasteiger partial charge in [-0.1, -0.05) is 49.6 Å². The molecule has 13 heavy (non-hydrogen) atoms. The van der Waals surface area contributed by atoms with Crippen molar-refractivity contribution in [3.8, 4) is 0 Å². The van der Waals surface area contributed by atoms with Crippen molar-refractivity contribution >= 4 is 6.08 Å². The minimum Gasteiger partial charge on any atom is -0.130 e. The van der Waals surface area contributed by atoms with Crippen LogP contribution in [0.15, 0.2) is 54.8 Å². The van der Waals surface area contributed by atoms with Crippen molar-refractivity contribution in [1.29, 1.82) is 0 Å². The molecule has 0 aliphatic heterocycles. The molecule has 0 heterocycles. The topological polar surface area (TPSA) is 0 Å². The van der Waals surface area contributed by atoms with E-state index in [1.807, 2.05) is 50.3 Å². The Hall–Kier alpha value is -1.52. The molecular formula is C13H16. The van der Waals surface area contributed by atoms with Crippen LogP contribution in [0.2, 0.25) is 0 Å². The summed E-state index contributed by atoms with van der Waals surface area (Å²) >= 11 is 0. The van der Waals surface area contributed by atoms with Crippen molar-refractivity contribution in [3.05, 3.63) is 60.4 Å². The third kappa shape index (κ3) is 6.86. The molecule has 0 bridgehead atoms. The second-order valence-corrected chi connectivity index (χ2v) is 2.79. The van der Waals surface area contributed by atoms with Gasteiger partial charge in [-0.05, 0) is 25.0 Å². The Kier molecular flexibility index (Phi) is 6.31. The highest BCUT2D eigenvalue weighted by atomic mass is 13.8. The number of hydrogen-bond donors (Lipinski definition) is 0. The molecule has 0 aliphatic carbocycles. The summed E-state index contributed by atoms with van der Waals surface area (Å²) in [6.07, 6.45) is 1.83. The summed E-state index contributed by atoms with van der Waals surface area (Å²) < 4.78 is 0. The lowest BCUT2D eigenvalue weighted by molar-refractivity contribution is 1.41. The molecular weight excluding hydrogens is 156 g/mol. The van der Waals surface area contributed by atoms with Gasteiger partial charge in [-0.3, -0.25) is 0 Å². The van der Waals surface area contributed by atoms with E-state index in [4.69, 9.17) is 0 Å². The number of rotatable bonds is 1. The minimum atomic E-state index is 1.14. The highest BCUT2D eigenvalue weighted by Crippen LogP contribution is 1.97. The van der Waals surface area contributed by atoms with Crippen molar-refractivity contribution in [3.63, 3.8) is 0 Å². The SMILES string of the molecule is C=C=C(C)C.C=Cc1ccccc1. The van der Waals surface area contributed by atoms with E-state index in [2.05, 4.69) is 18.9 Å². The van der Waals surface area contributed by atoms with Gasteiger partial charge in [-0.25, -0.2) is 0 Å². The van der Waals surface area contributed by atoms with E-state index >= 15 is 0 Å². The molecule has 68 valence electrons. The maximum Gasteiger partial charge on any atom is -0.0263 e. The third-order valence-corrected chi connectivity index (χ3v) is 1.39. The molecule has 0 fully saturated rings. The zero-order chi connectivity index (χ0) is 10.1. The van der Waals surface area contributed by atoms with Crippen molar-refractivity contribution in [2.24, 2.45) is 0 Å². The first-order valence-electron chi connectivity index (χ1n) is 4.21. The Balaban J connectivity index is 0.000000252. The highest BCUT2D eigenvalue weighted by Gasteiger charge is 1.75. The van der Waals surface area contributed by atoms with Crippen LogP contribution in [0.5, 0.6) is 0 Å². The normalized spacial score (nSPS) is 7.54. The average Bonchev–Trinajstić information content (AvgIpc) is 2.20. The first-order valence-corrected chi connectivity index (χ1v) is 4.21. The van der Waals surface area contributed by atoms with Crippen LogP contribution in [-0.4, -0.2) is 0 Å². The second-order valence-electron chi connectivity index (χ2n) is 2.79. The highest BCUT2D eigenvalue weighted by molar-refractivity contribution is 5.45. The van der Waals surface area contributed by atoms with Gasteiger partial charge >= 0.3 is 0 Å². The fourth-order valence-electron chi connectivity index (χ4n) is 0.589. The minimum absolute atomic E-state index is 1.14. The smallest absolute Gasteiger partial charge is 0.0263 e. The van der Waals surface area contributed by atoms with E-state index in [-0.39, 0.29) is 0 Å². The third-order valence-electron chi connectivity index (χ3n) is 1.39. The van der Waals surface area contributed by atoms with Crippen molar-refractivity contribution in [2.75, 3.05) is 0 Å². The van der Waals surface area contributed by atoms with Crippen LogP contribution in [0.25, 0.3) is 6.08 Å². The van der Waals surface area contributed by atoms with Crippen LogP contribution < -0.4 is 0 Å². The number of allylic oxidation sites excluding steroid dienone is 1. The molecule has 1 aromatic rings. The number of hydrogen-bond acceptors (Lipinski definition) is 0. The molecule has 0 radical (unpaired) electrons. The summed E-state index contributed by atoms with van der Waals surface area (Å²) in [5.41, 5.74) is 5.01. The Morgan fingerprint density at radius 3 is 1.92 bits per heavy atom. The molecule has 0 aromatic heterocycles. The van der Waals surface area contributed by atoms with Gasteiger partial charge in [0, 0.05) is 0 Å². The summed E-state index contributed by atoms with van der Waals surface area (Å²) in [4.78, 5) is 0. The molecule has 0 aliphatic rings. The summed E-state index contributed by atoms with van der Waals surface area (Å²) in [5.74, 6) is 0. The fraction of sp³-hybridized carbons (Fsp3) is 0.154. The van der Waals surface area contributed by atoms with Gasteiger partial charge in [-0.15, -0.1) is 5.73 Å². The van der Waals surface area contributed by atoms with Crippen LogP contribution in [-0.2, 0) is 0 Å². The van der Waals surface area contributed by atoms with Gasteiger partial charge in [0.2, 0.25) is 0 Å². The standard InChI is InChI=1S/C8H8.C5H8/c1-2-8-6-4-3-5-7-8;1-4-5(2)3/h2-7H,1H2;1H2,2-3H3. The molecule has 0 spiro atoms. The summed E-state index contributed by atoms with van der Waals surface area (Å²) in [5, 5.41) is 0. The lowest BCUT2D eigenvalue weighted by Gasteiger charge is -1.85. The Bertz CT molecular complexity index is 283. The molecule has 0 heteroatoms. The van der Waals surface area contributed by atoms with Crippen LogP contribution in [0.3, 0.4) is 0 Å². The first kappa shape index (κ1) is 11.5. The maximum atomic E-state index is 3.63. The van der Waals surface area contributed by atoms with E-state index in [1.165, 1.54) is 5.56 Å². The molecule has 1 rings (SSSR count). The van der Waals surface area contributed by atoms with E-state index in [0.29, 0.717) is 0 Å². The van der Waals surface area contributed by atoms with Crippen molar-refractivity contribution in [2.45, 2.75) is 13.8 Å². The van der Waals surface area contributed by atoms with E-state index in [0.717, 1.165) is 5.57 Å². The molecule has 0 unspecified atom stereocenters. The van der Waals surface area contributed by atoms with Gasteiger partial charge in [0.05, 0.1) is 0 Å². The van der Waals surface area contributed by atoms with Crippen LogP contribution in [0.1, 0.15) is 19.4 Å².